The molecule has 1 aliphatic heterocycles. The Bertz CT molecular complexity index is 985. The number of amides is 1. The molecular formula is C18H18NNaO5S. The van der Waals surface area contributed by atoms with E-state index in [1.165, 1.54) is 17.0 Å². The molecule has 0 saturated heterocycles. The van der Waals surface area contributed by atoms with E-state index in [0.717, 1.165) is 17.2 Å². The topological polar surface area (TPSA) is 91.8 Å². The molecule has 1 aliphatic rings. The number of ketones is 1. The summed E-state index contributed by atoms with van der Waals surface area (Å²) in [5.74, 6) is -1.15. The Kier molecular flexibility index (Phi) is 6.09. The van der Waals surface area contributed by atoms with Gasteiger partial charge in [-0.3, -0.25) is 14.1 Å². The quantitative estimate of drug-likeness (QED) is 0.496. The molecule has 0 spiro atoms. The first-order valence-corrected chi connectivity index (χ1v) is 9.19. The average Bonchev–Trinajstić information content (AvgIpc) is 2.79. The van der Waals surface area contributed by atoms with E-state index in [-0.39, 0.29) is 41.7 Å². The van der Waals surface area contributed by atoms with Gasteiger partial charge in [-0.1, -0.05) is 38.1 Å². The Hall–Kier alpha value is -1.51. The molecule has 0 unspecified atom stereocenters. The van der Waals surface area contributed by atoms with E-state index < -0.39 is 26.7 Å². The Balaban J connectivity index is 0.00000243. The Morgan fingerprint density at radius 2 is 1.77 bits per heavy atom. The van der Waals surface area contributed by atoms with Crippen molar-refractivity contribution in [3.05, 3.63) is 59.2 Å². The van der Waals surface area contributed by atoms with Crippen LogP contribution in [0.5, 0.6) is 0 Å². The van der Waals surface area contributed by atoms with Crippen LogP contribution in [0.2, 0.25) is 0 Å². The van der Waals surface area contributed by atoms with Crippen molar-refractivity contribution in [1.82, 2.24) is 0 Å². The summed E-state index contributed by atoms with van der Waals surface area (Å²) in [5.41, 5.74) is 2.33. The van der Waals surface area contributed by atoms with Crippen LogP contribution in [0.3, 0.4) is 0 Å². The van der Waals surface area contributed by atoms with Crippen LogP contribution in [0.15, 0.2) is 47.4 Å². The van der Waals surface area contributed by atoms with Gasteiger partial charge < -0.3 is 4.90 Å². The van der Waals surface area contributed by atoms with Crippen molar-refractivity contribution in [3.8, 4) is 0 Å². The van der Waals surface area contributed by atoms with Gasteiger partial charge in [-0.25, -0.2) is 0 Å². The summed E-state index contributed by atoms with van der Waals surface area (Å²) in [6.45, 7) is 4.34. The van der Waals surface area contributed by atoms with Gasteiger partial charge in [-0.15, -0.1) is 0 Å². The molecular weight excluding hydrogens is 365 g/mol. The van der Waals surface area contributed by atoms with E-state index >= 15 is 0 Å². The number of rotatable bonds is 4. The van der Waals surface area contributed by atoms with Gasteiger partial charge in [0.05, 0.1) is 22.7 Å². The van der Waals surface area contributed by atoms with Crippen LogP contribution in [-0.4, -0.2) is 54.2 Å². The van der Waals surface area contributed by atoms with Gasteiger partial charge in [0, 0.05) is 0 Å². The van der Waals surface area contributed by atoms with Gasteiger partial charge in [0.15, 0.2) is 0 Å². The van der Waals surface area contributed by atoms with Crippen LogP contribution in [0.1, 0.15) is 41.3 Å². The number of hydrogen-bond acceptors (Lipinski definition) is 4. The second kappa shape index (κ2) is 7.62. The van der Waals surface area contributed by atoms with Crippen molar-refractivity contribution in [2.75, 3.05) is 4.90 Å². The molecule has 0 saturated carbocycles. The van der Waals surface area contributed by atoms with Crippen molar-refractivity contribution in [2.24, 2.45) is 0 Å². The summed E-state index contributed by atoms with van der Waals surface area (Å²) in [4.78, 5) is 25.4. The molecule has 2 aromatic rings. The van der Waals surface area contributed by atoms with E-state index in [0.29, 0.717) is 11.6 Å². The van der Waals surface area contributed by atoms with E-state index in [4.69, 9.17) is 4.55 Å². The molecule has 2 aromatic carbocycles. The molecule has 1 amide bonds. The van der Waals surface area contributed by atoms with E-state index in [2.05, 4.69) is 13.8 Å². The van der Waals surface area contributed by atoms with Crippen molar-refractivity contribution in [3.63, 3.8) is 0 Å². The van der Waals surface area contributed by atoms with E-state index in [1.54, 1.807) is 0 Å². The van der Waals surface area contributed by atoms with E-state index in [9.17, 15) is 18.0 Å². The van der Waals surface area contributed by atoms with Gasteiger partial charge in [0.1, 0.15) is 0 Å². The van der Waals surface area contributed by atoms with Crippen LogP contribution < -0.4 is 4.90 Å². The van der Waals surface area contributed by atoms with Gasteiger partial charge in [0.25, 0.3) is 21.8 Å². The molecule has 0 fully saturated rings. The maximum absolute atomic E-state index is 12.3. The van der Waals surface area contributed by atoms with Crippen molar-refractivity contribution < 1.29 is 22.6 Å². The van der Waals surface area contributed by atoms with Crippen LogP contribution in [0.4, 0.5) is 5.69 Å². The number of fused-ring (bicyclic) bond motifs is 1. The van der Waals surface area contributed by atoms with Crippen molar-refractivity contribution in [2.45, 2.75) is 31.2 Å². The molecule has 1 N–H and O–H groups in total. The zero-order chi connectivity index (χ0) is 18.4. The minimum atomic E-state index is -4.44. The summed E-state index contributed by atoms with van der Waals surface area (Å²) < 4.78 is 31.6. The SMILES string of the molecule is CC(C)c1cccc(CN2C(=O)C(=O)c3cc(S(=O)(=O)O)ccc32)c1.[NaH]. The fourth-order valence-corrected chi connectivity index (χ4v) is 3.34. The maximum atomic E-state index is 12.3. The molecule has 0 bridgehead atoms. The molecule has 0 radical (unpaired) electrons. The van der Waals surface area contributed by atoms with Gasteiger partial charge in [0.2, 0.25) is 0 Å². The third kappa shape index (κ3) is 3.92. The Morgan fingerprint density at radius 3 is 2.38 bits per heavy atom. The van der Waals surface area contributed by atoms with Crippen LogP contribution in [0.25, 0.3) is 0 Å². The zero-order valence-corrected chi connectivity index (χ0v) is 14.6. The van der Waals surface area contributed by atoms with Crippen LogP contribution >= 0.6 is 0 Å². The molecule has 0 aromatic heterocycles. The normalized spacial score (nSPS) is 13.8. The van der Waals surface area contributed by atoms with Crippen LogP contribution in [0, 0.1) is 0 Å². The third-order valence-corrected chi connectivity index (χ3v) is 5.05. The standard InChI is InChI=1S/C18H17NO5S.Na.H/c1-11(2)13-5-3-4-12(8-13)10-19-16-7-6-14(25(22,23)24)9-15(16)17(20)18(19)21;;/h3-9,11H,10H2,1-2H3,(H,22,23,24);;. The number of anilines is 1. The number of nitrogens with zero attached hydrogens (tertiary/aromatic N) is 1. The van der Waals surface area contributed by atoms with Crippen molar-refractivity contribution >= 4 is 57.1 Å². The number of benzene rings is 2. The molecule has 3 rings (SSSR count). The monoisotopic (exact) mass is 383 g/mol. The zero-order valence-electron chi connectivity index (χ0n) is 13.8. The molecule has 6 nitrogen and oxygen atoms in total. The summed E-state index contributed by atoms with van der Waals surface area (Å²) in [7, 11) is -4.44. The minimum absolute atomic E-state index is 0. The van der Waals surface area contributed by atoms with Gasteiger partial charge in [-0.05, 0) is 35.2 Å². The summed E-state index contributed by atoms with van der Waals surface area (Å²) in [6, 6.07) is 11.3. The number of hydrogen-bond donors (Lipinski definition) is 1. The van der Waals surface area contributed by atoms with Gasteiger partial charge >= 0.3 is 29.6 Å². The van der Waals surface area contributed by atoms with E-state index in [1.807, 2.05) is 24.3 Å². The summed E-state index contributed by atoms with van der Waals surface area (Å²) in [5, 5.41) is 0. The second-order valence-corrected chi connectivity index (χ2v) is 7.70. The number of carbonyl (C=O) groups excluding carboxylic acids is 2. The summed E-state index contributed by atoms with van der Waals surface area (Å²) >= 11 is 0. The first-order valence-electron chi connectivity index (χ1n) is 7.75. The Labute approximate surface area is 174 Å². The molecule has 26 heavy (non-hydrogen) atoms. The first kappa shape index (κ1) is 20.8. The van der Waals surface area contributed by atoms with Gasteiger partial charge in [-0.2, -0.15) is 8.42 Å². The van der Waals surface area contributed by atoms with Crippen LogP contribution in [-0.2, 0) is 21.5 Å². The molecule has 1 heterocycles. The van der Waals surface area contributed by atoms with Crippen molar-refractivity contribution in [1.29, 1.82) is 0 Å². The average molecular weight is 383 g/mol. The molecule has 0 atom stereocenters. The predicted molar refractivity (Wildman–Crippen MR) is 99.5 cm³/mol. The second-order valence-electron chi connectivity index (χ2n) is 6.27. The number of carbonyl (C=O) groups is 2. The molecule has 0 aliphatic carbocycles. The number of Topliss-reactive ketones (excluding diaryl/α,β-unsaturated/α-hetero) is 1. The fourth-order valence-electron chi connectivity index (χ4n) is 2.83. The first-order chi connectivity index (χ1) is 11.7. The third-order valence-electron chi connectivity index (χ3n) is 4.20. The predicted octanol–water partition coefficient (Wildman–Crippen LogP) is 2.14. The fraction of sp³-hybridized carbons (Fsp3) is 0.222. The Morgan fingerprint density at radius 1 is 1.08 bits per heavy atom. The summed E-state index contributed by atoms with van der Waals surface area (Å²) in [6.07, 6.45) is 0. The molecule has 132 valence electrons. The molecule has 8 heteroatoms.